The van der Waals surface area contributed by atoms with E-state index in [9.17, 15) is 14.0 Å². The highest BCUT2D eigenvalue weighted by Crippen LogP contribution is 2.05. The number of ether oxygens (including phenoxy) is 1. The number of aryl methyl sites for hydroxylation is 1. The molecule has 0 spiro atoms. The molecule has 0 heterocycles. The molecular weight excluding hydrogens is 249 g/mol. The largest absolute Gasteiger partial charge is 0.466 e. The van der Waals surface area contributed by atoms with Crippen LogP contribution in [0.2, 0.25) is 0 Å². The lowest BCUT2D eigenvalue weighted by molar-refractivity contribution is -0.143. The maximum atomic E-state index is 12.7. The maximum absolute atomic E-state index is 12.7. The Morgan fingerprint density at radius 3 is 2.53 bits per heavy atom. The molecule has 1 rings (SSSR count). The molecule has 19 heavy (non-hydrogen) atoms. The van der Waals surface area contributed by atoms with Gasteiger partial charge in [-0.15, -0.1) is 0 Å². The third-order valence-electron chi connectivity index (χ3n) is 2.51. The minimum atomic E-state index is -0.318. The lowest BCUT2D eigenvalue weighted by atomic mass is 10.1. The van der Waals surface area contributed by atoms with Crippen LogP contribution in [0, 0.1) is 5.82 Å². The van der Waals surface area contributed by atoms with Crippen molar-refractivity contribution in [2.75, 3.05) is 13.2 Å². The van der Waals surface area contributed by atoms with Gasteiger partial charge in [-0.3, -0.25) is 9.59 Å². The fourth-order valence-corrected chi connectivity index (χ4v) is 1.53. The molecule has 1 aromatic rings. The van der Waals surface area contributed by atoms with Crippen LogP contribution in [0.1, 0.15) is 25.3 Å². The van der Waals surface area contributed by atoms with Gasteiger partial charge in [-0.2, -0.15) is 0 Å². The normalized spacial score (nSPS) is 10.0. The highest BCUT2D eigenvalue weighted by Gasteiger charge is 2.05. The van der Waals surface area contributed by atoms with Gasteiger partial charge in [0.2, 0.25) is 5.91 Å². The summed E-state index contributed by atoms with van der Waals surface area (Å²) < 4.78 is 17.4. The molecule has 0 aliphatic carbocycles. The first-order valence-electron chi connectivity index (χ1n) is 6.28. The van der Waals surface area contributed by atoms with Crippen LogP contribution >= 0.6 is 0 Å². The van der Waals surface area contributed by atoms with Crippen LogP contribution in [0.15, 0.2) is 24.3 Å². The van der Waals surface area contributed by atoms with Gasteiger partial charge in [-0.25, -0.2) is 4.39 Å². The summed E-state index contributed by atoms with van der Waals surface area (Å²) >= 11 is 0. The molecule has 1 aromatic carbocycles. The zero-order valence-electron chi connectivity index (χ0n) is 10.9. The second-order valence-electron chi connectivity index (χ2n) is 4.03. The van der Waals surface area contributed by atoms with E-state index >= 15 is 0 Å². The van der Waals surface area contributed by atoms with Gasteiger partial charge in [0.05, 0.1) is 13.0 Å². The van der Waals surface area contributed by atoms with E-state index in [2.05, 4.69) is 5.32 Å². The van der Waals surface area contributed by atoms with Crippen LogP contribution in [0.3, 0.4) is 0 Å². The van der Waals surface area contributed by atoms with Crippen molar-refractivity contribution in [1.29, 1.82) is 0 Å². The van der Waals surface area contributed by atoms with Crippen molar-refractivity contribution >= 4 is 11.9 Å². The molecule has 1 N–H and O–H groups in total. The molecule has 0 bridgehead atoms. The third kappa shape index (κ3) is 6.55. The molecule has 1 amide bonds. The fraction of sp³-hybridized carbons (Fsp3) is 0.429. The zero-order valence-corrected chi connectivity index (χ0v) is 10.9. The van der Waals surface area contributed by atoms with Crippen molar-refractivity contribution in [3.63, 3.8) is 0 Å². The van der Waals surface area contributed by atoms with Gasteiger partial charge >= 0.3 is 5.97 Å². The van der Waals surface area contributed by atoms with E-state index in [1.54, 1.807) is 19.1 Å². The number of hydrogen-bond acceptors (Lipinski definition) is 3. The van der Waals surface area contributed by atoms with Gasteiger partial charge in [-0.1, -0.05) is 12.1 Å². The van der Waals surface area contributed by atoms with Crippen LogP contribution in [-0.4, -0.2) is 25.0 Å². The molecule has 0 aliphatic rings. The second kappa shape index (κ2) is 8.24. The smallest absolute Gasteiger partial charge is 0.307 e. The zero-order chi connectivity index (χ0) is 14.1. The topological polar surface area (TPSA) is 55.4 Å². The quantitative estimate of drug-likeness (QED) is 0.767. The van der Waals surface area contributed by atoms with Crippen LogP contribution < -0.4 is 5.32 Å². The Balaban J connectivity index is 2.17. The molecule has 0 unspecified atom stereocenters. The van der Waals surface area contributed by atoms with Crippen molar-refractivity contribution in [2.45, 2.75) is 26.2 Å². The minimum Gasteiger partial charge on any atom is -0.466 e. The number of halogens is 1. The summed E-state index contributed by atoms with van der Waals surface area (Å²) in [6.07, 6.45) is 1.04. The van der Waals surface area contributed by atoms with Crippen molar-refractivity contribution in [3.05, 3.63) is 35.6 Å². The van der Waals surface area contributed by atoms with E-state index in [0.717, 1.165) is 5.56 Å². The maximum Gasteiger partial charge on any atom is 0.307 e. The molecule has 0 radical (unpaired) electrons. The van der Waals surface area contributed by atoms with Gasteiger partial charge < -0.3 is 10.1 Å². The molecule has 4 nitrogen and oxygen atoms in total. The number of amides is 1. The third-order valence-corrected chi connectivity index (χ3v) is 2.51. The SMILES string of the molecule is CCOC(=O)CCNC(=O)CCc1ccc(F)cc1. The molecule has 104 valence electrons. The summed E-state index contributed by atoms with van der Waals surface area (Å²) in [6, 6.07) is 6.05. The Labute approximate surface area is 112 Å². The average Bonchev–Trinajstić information content (AvgIpc) is 2.38. The summed E-state index contributed by atoms with van der Waals surface area (Å²) in [5.41, 5.74) is 0.905. The van der Waals surface area contributed by atoms with E-state index in [0.29, 0.717) is 19.4 Å². The summed E-state index contributed by atoms with van der Waals surface area (Å²) in [5.74, 6) is -0.738. The highest BCUT2D eigenvalue weighted by atomic mass is 19.1. The van der Waals surface area contributed by atoms with Crippen LogP contribution in [0.4, 0.5) is 4.39 Å². The van der Waals surface area contributed by atoms with Gasteiger partial charge in [0, 0.05) is 13.0 Å². The number of esters is 1. The molecule has 5 heteroatoms. The molecule has 0 saturated carbocycles. The Bertz CT molecular complexity index is 417. The lowest BCUT2D eigenvalue weighted by Gasteiger charge is -2.05. The van der Waals surface area contributed by atoms with Gasteiger partial charge in [0.15, 0.2) is 0 Å². The number of carbonyl (C=O) groups excluding carboxylic acids is 2. The number of carbonyl (C=O) groups is 2. The standard InChI is InChI=1S/C14H18FNO3/c1-2-19-14(18)9-10-16-13(17)8-5-11-3-6-12(15)7-4-11/h3-4,6-7H,2,5,8-10H2,1H3,(H,16,17). The Kier molecular flexibility index (Phi) is 6.57. The van der Waals surface area contributed by atoms with Gasteiger partial charge in [0.25, 0.3) is 0 Å². The van der Waals surface area contributed by atoms with Crippen molar-refractivity contribution in [3.8, 4) is 0 Å². The molecule has 0 aliphatic heterocycles. The van der Waals surface area contributed by atoms with E-state index < -0.39 is 0 Å². The van der Waals surface area contributed by atoms with E-state index in [4.69, 9.17) is 4.74 Å². The minimum absolute atomic E-state index is 0.131. The Morgan fingerprint density at radius 2 is 1.89 bits per heavy atom. The van der Waals surface area contributed by atoms with Crippen LogP contribution in [-0.2, 0) is 20.7 Å². The highest BCUT2D eigenvalue weighted by molar-refractivity contribution is 5.77. The number of rotatable bonds is 7. The molecule has 0 fully saturated rings. The molecule has 0 saturated heterocycles. The predicted octanol–water partition coefficient (Wildman–Crippen LogP) is 1.83. The number of benzene rings is 1. The molecule has 0 atom stereocenters. The Morgan fingerprint density at radius 1 is 1.21 bits per heavy atom. The molecule has 0 aromatic heterocycles. The van der Waals surface area contributed by atoms with Crippen molar-refractivity contribution in [1.82, 2.24) is 5.32 Å². The monoisotopic (exact) mass is 267 g/mol. The Hall–Kier alpha value is -1.91. The summed E-state index contributed by atoms with van der Waals surface area (Å²) in [7, 11) is 0. The number of nitrogens with one attached hydrogen (secondary N) is 1. The fourth-order valence-electron chi connectivity index (χ4n) is 1.53. The average molecular weight is 267 g/mol. The first kappa shape index (κ1) is 15.1. The van der Waals surface area contributed by atoms with E-state index in [-0.39, 0.29) is 30.7 Å². The first-order chi connectivity index (χ1) is 9.11. The predicted molar refractivity (Wildman–Crippen MR) is 69.0 cm³/mol. The van der Waals surface area contributed by atoms with Crippen molar-refractivity contribution in [2.24, 2.45) is 0 Å². The van der Waals surface area contributed by atoms with Crippen LogP contribution in [0.5, 0.6) is 0 Å². The van der Waals surface area contributed by atoms with Crippen LogP contribution in [0.25, 0.3) is 0 Å². The lowest BCUT2D eigenvalue weighted by Crippen LogP contribution is -2.26. The molecular formula is C14H18FNO3. The van der Waals surface area contributed by atoms with E-state index in [1.165, 1.54) is 12.1 Å². The van der Waals surface area contributed by atoms with Gasteiger partial charge in [0.1, 0.15) is 5.82 Å². The summed E-state index contributed by atoms with van der Waals surface area (Å²) in [4.78, 5) is 22.5. The summed E-state index contributed by atoms with van der Waals surface area (Å²) in [6.45, 7) is 2.36. The van der Waals surface area contributed by atoms with Gasteiger partial charge in [-0.05, 0) is 31.0 Å². The first-order valence-corrected chi connectivity index (χ1v) is 6.28. The number of hydrogen-bond donors (Lipinski definition) is 1. The summed E-state index contributed by atoms with van der Waals surface area (Å²) in [5, 5.41) is 2.64. The second-order valence-corrected chi connectivity index (χ2v) is 4.03. The van der Waals surface area contributed by atoms with Crippen molar-refractivity contribution < 1.29 is 18.7 Å². The van der Waals surface area contributed by atoms with E-state index in [1.807, 2.05) is 0 Å².